The Kier molecular flexibility index (Phi) is 4.77. The first-order chi connectivity index (χ1) is 13.1. The van der Waals surface area contributed by atoms with Crippen LogP contribution in [-0.4, -0.2) is 34.9 Å². The van der Waals surface area contributed by atoms with Gasteiger partial charge in [0.15, 0.2) is 0 Å². The van der Waals surface area contributed by atoms with Gasteiger partial charge in [0.05, 0.1) is 6.04 Å². The molecule has 1 fully saturated rings. The van der Waals surface area contributed by atoms with Gasteiger partial charge in [-0.25, -0.2) is 0 Å². The van der Waals surface area contributed by atoms with E-state index >= 15 is 0 Å². The lowest BCUT2D eigenvalue weighted by molar-refractivity contribution is -0.129. The summed E-state index contributed by atoms with van der Waals surface area (Å²) in [7, 11) is 0. The van der Waals surface area contributed by atoms with E-state index in [1.807, 2.05) is 55.5 Å². The molecule has 4 rings (SSSR count). The van der Waals surface area contributed by atoms with Crippen LogP contribution in [0, 0.1) is 6.92 Å². The SMILES string of the molecule is Cc1ccc2[nH]c(=O)c(CN3CCNC(=O)[C@@H]3Cc3ccccc3)cc2c1. The van der Waals surface area contributed by atoms with Gasteiger partial charge in [0, 0.05) is 30.7 Å². The van der Waals surface area contributed by atoms with Gasteiger partial charge in [-0.2, -0.15) is 0 Å². The molecule has 3 aromatic rings. The number of rotatable bonds is 4. The third-order valence-electron chi connectivity index (χ3n) is 5.16. The summed E-state index contributed by atoms with van der Waals surface area (Å²) in [5, 5.41) is 3.97. The zero-order valence-corrected chi connectivity index (χ0v) is 15.4. The van der Waals surface area contributed by atoms with E-state index in [-0.39, 0.29) is 17.5 Å². The van der Waals surface area contributed by atoms with Crippen LogP contribution in [0.2, 0.25) is 0 Å². The predicted octanol–water partition coefficient (Wildman–Crippen LogP) is 2.38. The van der Waals surface area contributed by atoms with Crippen molar-refractivity contribution in [3.8, 4) is 0 Å². The van der Waals surface area contributed by atoms with Crippen LogP contribution in [0.1, 0.15) is 16.7 Å². The van der Waals surface area contributed by atoms with E-state index in [0.29, 0.717) is 25.1 Å². The first kappa shape index (κ1) is 17.5. The normalized spacial score (nSPS) is 17.8. The molecule has 5 nitrogen and oxygen atoms in total. The number of aromatic nitrogens is 1. The van der Waals surface area contributed by atoms with Gasteiger partial charge in [-0.1, -0.05) is 42.0 Å². The molecule has 0 bridgehead atoms. The van der Waals surface area contributed by atoms with Gasteiger partial charge in [-0.05, 0) is 42.5 Å². The fraction of sp³-hybridized carbons (Fsp3) is 0.273. The summed E-state index contributed by atoms with van der Waals surface area (Å²) in [6, 6.07) is 17.7. The number of hydrogen-bond donors (Lipinski definition) is 2. The van der Waals surface area contributed by atoms with Crippen molar-refractivity contribution in [2.24, 2.45) is 0 Å². The van der Waals surface area contributed by atoms with Crippen molar-refractivity contribution in [1.29, 1.82) is 0 Å². The van der Waals surface area contributed by atoms with E-state index in [1.165, 1.54) is 0 Å². The van der Waals surface area contributed by atoms with Crippen LogP contribution in [0.4, 0.5) is 0 Å². The van der Waals surface area contributed by atoms with Crippen molar-refractivity contribution in [1.82, 2.24) is 15.2 Å². The van der Waals surface area contributed by atoms with Crippen molar-refractivity contribution in [2.45, 2.75) is 25.9 Å². The number of aryl methyl sites for hydroxylation is 1. The minimum atomic E-state index is -0.270. The summed E-state index contributed by atoms with van der Waals surface area (Å²) in [5.41, 5.74) is 3.72. The van der Waals surface area contributed by atoms with Crippen molar-refractivity contribution < 1.29 is 4.79 Å². The number of pyridine rings is 1. The molecule has 1 saturated heterocycles. The van der Waals surface area contributed by atoms with Gasteiger partial charge in [-0.15, -0.1) is 0 Å². The first-order valence-electron chi connectivity index (χ1n) is 9.28. The fourth-order valence-electron chi connectivity index (χ4n) is 3.72. The number of nitrogens with one attached hydrogen (secondary N) is 2. The lowest BCUT2D eigenvalue weighted by Crippen LogP contribution is -2.55. The standard InChI is InChI=1S/C22H23N3O2/c1-15-7-8-19-17(11-15)13-18(21(26)24-19)14-25-10-9-23-22(27)20(25)12-16-5-3-2-4-6-16/h2-8,11,13,20H,9-10,12,14H2,1H3,(H,23,27)(H,24,26)/t20-/m0/s1. The van der Waals surface area contributed by atoms with E-state index in [9.17, 15) is 9.59 Å². The summed E-state index contributed by atoms with van der Waals surface area (Å²) in [6.45, 7) is 3.84. The molecule has 1 atom stereocenters. The maximum absolute atomic E-state index is 12.6. The Hall–Kier alpha value is -2.92. The largest absolute Gasteiger partial charge is 0.353 e. The highest BCUT2D eigenvalue weighted by Gasteiger charge is 2.30. The average Bonchev–Trinajstić information content (AvgIpc) is 2.66. The molecule has 0 unspecified atom stereocenters. The van der Waals surface area contributed by atoms with Gasteiger partial charge in [0.25, 0.3) is 5.56 Å². The monoisotopic (exact) mass is 361 g/mol. The Morgan fingerprint density at radius 3 is 2.70 bits per heavy atom. The molecule has 2 heterocycles. The number of fused-ring (bicyclic) bond motifs is 1. The fourth-order valence-corrected chi connectivity index (χ4v) is 3.72. The molecule has 2 N–H and O–H groups in total. The first-order valence-corrected chi connectivity index (χ1v) is 9.28. The highest BCUT2D eigenvalue weighted by atomic mass is 16.2. The number of nitrogens with zero attached hydrogens (tertiary/aromatic N) is 1. The van der Waals surface area contributed by atoms with Crippen LogP contribution in [0.5, 0.6) is 0 Å². The second-order valence-corrected chi connectivity index (χ2v) is 7.18. The maximum Gasteiger partial charge on any atom is 0.252 e. The molecule has 1 amide bonds. The van der Waals surface area contributed by atoms with E-state index in [0.717, 1.165) is 28.6 Å². The van der Waals surface area contributed by atoms with E-state index < -0.39 is 0 Å². The van der Waals surface area contributed by atoms with Crippen molar-refractivity contribution in [2.75, 3.05) is 13.1 Å². The molecule has 0 aliphatic carbocycles. The maximum atomic E-state index is 12.6. The van der Waals surface area contributed by atoms with Gasteiger partial charge in [0.2, 0.25) is 5.91 Å². The van der Waals surface area contributed by atoms with Crippen molar-refractivity contribution in [3.63, 3.8) is 0 Å². The number of carbonyl (C=O) groups excluding carboxylic acids is 1. The number of carbonyl (C=O) groups is 1. The average molecular weight is 361 g/mol. The number of hydrogen-bond acceptors (Lipinski definition) is 3. The van der Waals surface area contributed by atoms with E-state index in [2.05, 4.69) is 21.3 Å². The van der Waals surface area contributed by atoms with Gasteiger partial charge < -0.3 is 10.3 Å². The number of amides is 1. The lowest BCUT2D eigenvalue weighted by Gasteiger charge is -2.35. The van der Waals surface area contributed by atoms with Crippen LogP contribution in [0.15, 0.2) is 59.4 Å². The molecule has 1 aromatic heterocycles. The second-order valence-electron chi connectivity index (χ2n) is 7.18. The minimum Gasteiger partial charge on any atom is -0.353 e. The molecule has 0 spiro atoms. The van der Waals surface area contributed by atoms with Gasteiger partial charge >= 0.3 is 0 Å². The van der Waals surface area contributed by atoms with Gasteiger partial charge in [0.1, 0.15) is 0 Å². The molecule has 2 aromatic carbocycles. The molecule has 1 aliphatic heterocycles. The van der Waals surface area contributed by atoms with E-state index in [4.69, 9.17) is 0 Å². The highest BCUT2D eigenvalue weighted by molar-refractivity contribution is 5.83. The van der Waals surface area contributed by atoms with Crippen molar-refractivity contribution in [3.05, 3.63) is 81.6 Å². The van der Waals surface area contributed by atoms with E-state index in [1.54, 1.807) is 0 Å². The second kappa shape index (κ2) is 7.37. The summed E-state index contributed by atoms with van der Waals surface area (Å²) in [4.78, 5) is 30.1. The van der Waals surface area contributed by atoms with Crippen molar-refractivity contribution >= 4 is 16.8 Å². The van der Waals surface area contributed by atoms with Crippen LogP contribution in [-0.2, 0) is 17.8 Å². The lowest BCUT2D eigenvalue weighted by atomic mass is 10.0. The molecular weight excluding hydrogens is 338 g/mol. The molecule has 0 radical (unpaired) electrons. The molecule has 27 heavy (non-hydrogen) atoms. The summed E-state index contributed by atoms with van der Waals surface area (Å²) >= 11 is 0. The zero-order chi connectivity index (χ0) is 18.8. The quantitative estimate of drug-likeness (QED) is 0.750. The number of benzene rings is 2. The Bertz CT molecular complexity index is 1030. The molecule has 0 saturated carbocycles. The highest BCUT2D eigenvalue weighted by Crippen LogP contribution is 2.17. The summed E-state index contributed by atoms with van der Waals surface area (Å²) in [6.07, 6.45) is 0.636. The van der Waals surface area contributed by atoms with Crippen LogP contribution in [0.25, 0.3) is 10.9 Å². The number of piperazine rings is 1. The molecule has 5 heteroatoms. The third-order valence-corrected chi connectivity index (χ3v) is 5.16. The Morgan fingerprint density at radius 1 is 1.07 bits per heavy atom. The number of H-pyrrole nitrogens is 1. The minimum absolute atomic E-state index is 0.0261. The van der Waals surface area contributed by atoms with Crippen LogP contribution in [0.3, 0.4) is 0 Å². The smallest absolute Gasteiger partial charge is 0.252 e. The van der Waals surface area contributed by atoms with Crippen LogP contribution < -0.4 is 10.9 Å². The Morgan fingerprint density at radius 2 is 1.89 bits per heavy atom. The third kappa shape index (κ3) is 3.78. The number of aromatic amines is 1. The molecular formula is C22H23N3O2. The summed E-state index contributed by atoms with van der Waals surface area (Å²) in [5.74, 6) is 0.0261. The van der Waals surface area contributed by atoms with Crippen LogP contribution >= 0.6 is 0 Å². The topological polar surface area (TPSA) is 65.2 Å². The Balaban J connectivity index is 1.63. The molecule has 1 aliphatic rings. The summed E-state index contributed by atoms with van der Waals surface area (Å²) < 4.78 is 0. The molecule has 138 valence electrons. The predicted molar refractivity (Wildman–Crippen MR) is 107 cm³/mol. The zero-order valence-electron chi connectivity index (χ0n) is 15.4. The van der Waals surface area contributed by atoms with Gasteiger partial charge in [-0.3, -0.25) is 14.5 Å². The Labute approximate surface area is 158 Å².